The summed E-state index contributed by atoms with van der Waals surface area (Å²) < 4.78 is 0. The number of rotatable bonds is 8. The predicted molar refractivity (Wildman–Crippen MR) is 84.5 cm³/mol. The molecule has 88 valence electrons. The third kappa shape index (κ3) is 5.28. The Labute approximate surface area is 115 Å². The zero-order valence-electron chi connectivity index (χ0n) is 8.85. The minimum atomic E-state index is 0.997. The Morgan fingerprint density at radius 3 is 1.53 bits per heavy atom. The molecule has 0 unspecified atom stereocenters. The van der Waals surface area contributed by atoms with E-state index in [1.54, 1.807) is 0 Å². The van der Waals surface area contributed by atoms with Crippen molar-refractivity contribution < 1.29 is 0 Å². The van der Waals surface area contributed by atoms with E-state index in [1.807, 2.05) is 0 Å². The van der Waals surface area contributed by atoms with Gasteiger partial charge >= 0.3 is 0 Å². The lowest BCUT2D eigenvalue weighted by atomic mass is 10.5. The summed E-state index contributed by atoms with van der Waals surface area (Å²) in [6.45, 7) is 0. The van der Waals surface area contributed by atoms with Gasteiger partial charge < -0.3 is 0 Å². The highest BCUT2D eigenvalue weighted by Gasteiger charge is 2.18. The Balaban J connectivity index is 1.29. The van der Waals surface area contributed by atoms with E-state index in [9.17, 15) is 0 Å². The number of hydrogen-bond acceptors (Lipinski definition) is 5. The van der Waals surface area contributed by atoms with Crippen LogP contribution in [0.5, 0.6) is 0 Å². The molecule has 0 atom stereocenters. The molecule has 0 aromatic rings. The molecule has 0 N–H and O–H groups in total. The van der Waals surface area contributed by atoms with Crippen LogP contribution >= 0.6 is 58.8 Å². The monoisotopic (exact) mass is 298 g/mol. The molecule has 15 heavy (non-hydrogen) atoms. The Morgan fingerprint density at radius 1 is 0.733 bits per heavy atom. The third-order valence-corrected chi connectivity index (χ3v) is 9.77. The van der Waals surface area contributed by atoms with Crippen LogP contribution in [0.4, 0.5) is 0 Å². The minimum Gasteiger partial charge on any atom is -0.160 e. The van der Waals surface area contributed by atoms with Crippen molar-refractivity contribution in [3.63, 3.8) is 0 Å². The van der Waals surface area contributed by atoms with Gasteiger partial charge in [0.05, 0.1) is 0 Å². The molecule has 0 bridgehead atoms. The van der Waals surface area contributed by atoms with Crippen molar-refractivity contribution in [1.82, 2.24) is 0 Å². The quantitative estimate of drug-likeness (QED) is 0.628. The average molecular weight is 299 g/mol. The van der Waals surface area contributed by atoms with Crippen LogP contribution in [-0.4, -0.2) is 56.5 Å². The lowest BCUT2D eigenvalue weighted by Gasteiger charge is -2.24. The van der Waals surface area contributed by atoms with Gasteiger partial charge in [-0.3, -0.25) is 0 Å². The van der Waals surface area contributed by atoms with E-state index < -0.39 is 0 Å². The second kappa shape index (κ2) is 7.96. The lowest BCUT2D eigenvalue weighted by Crippen LogP contribution is -2.21. The maximum atomic E-state index is 2.19. The van der Waals surface area contributed by atoms with Crippen LogP contribution in [0, 0.1) is 0 Å². The topological polar surface area (TPSA) is 0 Å². The SMILES string of the molecule is C(CSC1CSC1)SCCSC1CSC1. The standard InChI is InChI=1S/C10H18S5/c1(3-14-9-5-12-6-9)11-2-4-15-10-7-13-8-10/h9-10H,1-8H2. The largest absolute Gasteiger partial charge is 0.160 e. The molecule has 2 fully saturated rings. The van der Waals surface area contributed by atoms with E-state index in [0.29, 0.717) is 0 Å². The van der Waals surface area contributed by atoms with E-state index in [4.69, 9.17) is 0 Å². The summed E-state index contributed by atoms with van der Waals surface area (Å²) in [5.74, 6) is 11.1. The van der Waals surface area contributed by atoms with E-state index in [-0.39, 0.29) is 0 Å². The molecule has 0 aromatic carbocycles. The summed E-state index contributed by atoms with van der Waals surface area (Å²) in [4.78, 5) is 0. The average Bonchev–Trinajstić information content (AvgIpc) is 2.09. The van der Waals surface area contributed by atoms with Crippen LogP contribution in [0.25, 0.3) is 0 Å². The first-order valence-electron chi connectivity index (χ1n) is 5.41. The van der Waals surface area contributed by atoms with E-state index >= 15 is 0 Å². The van der Waals surface area contributed by atoms with Crippen molar-refractivity contribution in [2.24, 2.45) is 0 Å². The van der Waals surface area contributed by atoms with Crippen molar-refractivity contribution in [2.75, 3.05) is 46.0 Å². The molecule has 0 aromatic heterocycles. The Morgan fingerprint density at radius 2 is 1.20 bits per heavy atom. The highest BCUT2D eigenvalue weighted by molar-refractivity contribution is 8.09. The molecule has 2 heterocycles. The van der Waals surface area contributed by atoms with Gasteiger partial charge in [-0.2, -0.15) is 58.8 Å². The molecular formula is C10H18S5. The first-order valence-corrected chi connectivity index (χ1v) is 11.0. The molecule has 5 heteroatoms. The lowest BCUT2D eigenvalue weighted by molar-refractivity contribution is 1.08. The fraction of sp³-hybridized carbons (Fsp3) is 1.00. The van der Waals surface area contributed by atoms with Crippen molar-refractivity contribution in [2.45, 2.75) is 10.5 Å². The molecule has 2 rings (SSSR count). The summed E-state index contributed by atoms with van der Waals surface area (Å²) in [5.41, 5.74) is 0. The van der Waals surface area contributed by atoms with Gasteiger partial charge in [0.1, 0.15) is 0 Å². The molecule has 2 aliphatic heterocycles. The predicted octanol–water partition coefficient (Wildman–Crippen LogP) is 3.42. The zero-order valence-corrected chi connectivity index (χ0v) is 12.9. The highest BCUT2D eigenvalue weighted by atomic mass is 32.2. The summed E-state index contributed by atoms with van der Waals surface area (Å²) in [5, 5.41) is 1.99. The maximum Gasteiger partial charge on any atom is 0.0229 e. The van der Waals surface area contributed by atoms with E-state index in [1.165, 1.54) is 46.0 Å². The normalized spacial score (nSPS) is 22.4. The fourth-order valence-corrected chi connectivity index (χ4v) is 7.40. The van der Waals surface area contributed by atoms with Gasteiger partial charge in [0.25, 0.3) is 0 Å². The molecule has 2 saturated heterocycles. The molecule has 0 aliphatic carbocycles. The van der Waals surface area contributed by atoms with Crippen LogP contribution in [0.15, 0.2) is 0 Å². The molecule has 0 spiro atoms. The van der Waals surface area contributed by atoms with Gasteiger partial charge in [-0.05, 0) is 0 Å². The molecular weight excluding hydrogens is 280 g/mol. The highest BCUT2D eigenvalue weighted by Crippen LogP contribution is 2.31. The Bertz CT molecular complexity index is 149. The maximum absolute atomic E-state index is 2.19. The van der Waals surface area contributed by atoms with Crippen LogP contribution in [0.3, 0.4) is 0 Å². The van der Waals surface area contributed by atoms with Crippen LogP contribution in [0.1, 0.15) is 0 Å². The molecule has 0 amide bonds. The minimum absolute atomic E-state index is 0.997. The fourth-order valence-electron chi connectivity index (χ4n) is 1.27. The molecule has 0 radical (unpaired) electrons. The van der Waals surface area contributed by atoms with Gasteiger partial charge in [-0.15, -0.1) is 0 Å². The third-order valence-electron chi connectivity index (χ3n) is 2.38. The van der Waals surface area contributed by atoms with Crippen molar-refractivity contribution >= 4 is 58.8 Å². The van der Waals surface area contributed by atoms with E-state index in [0.717, 1.165) is 10.5 Å². The van der Waals surface area contributed by atoms with Crippen LogP contribution in [0.2, 0.25) is 0 Å². The first-order chi connectivity index (χ1) is 7.45. The Hall–Kier alpha value is 1.75. The van der Waals surface area contributed by atoms with Gasteiger partial charge in [-0.1, -0.05) is 0 Å². The summed E-state index contributed by atoms with van der Waals surface area (Å²) in [6, 6.07) is 0. The summed E-state index contributed by atoms with van der Waals surface area (Å²) in [6.07, 6.45) is 0. The van der Waals surface area contributed by atoms with Crippen molar-refractivity contribution in [3.8, 4) is 0 Å². The smallest absolute Gasteiger partial charge is 0.0229 e. The van der Waals surface area contributed by atoms with Gasteiger partial charge in [0.15, 0.2) is 0 Å². The summed E-state index contributed by atoms with van der Waals surface area (Å²) in [7, 11) is 0. The zero-order chi connectivity index (χ0) is 10.3. The number of hydrogen-bond donors (Lipinski definition) is 0. The molecule has 0 nitrogen and oxygen atoms in total. The van der Waals surface area contributed by atoms with Gasteiger partial charge in [0.2, 0.25) is 0 Å². The van der Waals surface area contributed by atoms with Crippen molar-refractivity contribution in [3.05, 3.63) is 0 Å². The number of thioether (sulfide) groups is 5. The van der Waals surface area contributed by atoms with Crippen LogP contribution < -0.4 is 0 Å². The Kier molecular flexibility index (Phi) is 7.00. The molecule has 2 aliphatic rings. The van der Waals surface area contributed by atoms with Gasteiger partial charge in [0, 0.05) is 56.5 Å². The molecule has 0 saturated carbocycles. The second-order valence-electron chi connectivity index (χ2n) is 3.67. The summed E-state index contributed by atoms with van der Waals surface area (Å²) >= 11 is 10.7. The van der Waals surface area contributed by atoms with E-state index in [2.05, 4.69) is 58.8 Å². The van der Waals surface area contributed by atoms with Crippen molar-refractivity contribution in [1.29, 1.82) is 0 Å². The second-order valence-corrected chi connectivity index (χ2v) is 9.86. The first kappa shape index (κ1) is 13.2. The van der Waals surface area contributed by atoms with Gasteiger partial charge in [-0.25, -0.2) is 0 Å². The van der Waals surface area contributed by atoms with Crippen LogP contribution in [-0.2, 0) is 0 Å².